The van der Waals surface area contributed by atoms with Crippen LogP contribution in [-0.4, -0.2) is 21.3 Å². The highest BCUT2D eigenvalue weighted by Gasteiger charge is 2.17. The van der Waals surface area contributed by atoms with E-state index in [9.17, 15) is 9.59 Å². The van der Waals surface area contributed by atoms with Gasteiger partial charge in [0.2, 0.25) is 0 Å². The normalized spacial score (nSPS) is 10.3. The second-order valence-electron chi connectivity index (χ2n) is 3.14. The third-order valence-corrected chi connectivity index (χ3v) is 2.65. The second kappa shape index (κ2) is 3.97. The van der Waals surface area contributed by atoms with Gasteiger partial charge in [0.25, 0.3) is 5.56 Å². The van der Waals surface area contributed by atoms with Crippen LogP contribution in [0.4, 0.5) is 0 Å². The standard InChI is InChI=1S/C10H7BrN2O3/c11-6-3-1-5(2-4-6)8-7(10(15)16)9(14)13-12-8/h1-4H,(H,15,16)(H2,12,13,14). The third kappa shape index (κ3) is 1.79. The molecule has 6 heteroatoms. The fourth-order valence-electron chi connectivity index (χ4n) is 1.39. The minimum absolute atomic E-state index is 0.276. The van der Waals surface area contributed by atoms with E-state index in [0.717, 1.165) is 4.47 Å². The number of H-pyrrole nitrogens is 2. The summed E-state index contributed by atoms with van der Waals surface area (Å²) in [5, 5.41) is 13.7. The molecule has 1 aromatic heterocycles. The molecule has 1 heterocycles. The fraction of sp³-hybridized carbons (Fsp3) is 0. The van der Waals surface area contributed by atoms with Gasteiger partial charge in [-0.25, -0.2) is 4.79 Å². The molecule has 3 N–H and O–H groups in total. The Morgan fingerprint density at radius 3 is 2.38 bits per heavy atom. The predicted octanol–water partition coefficient (Wildman–Crippen LogP) is 1.83. The molecular weight excluding hydrogens is 276 g/mol. The quantitative estimate of drug-likeness (QED) is 0.785. The average molecular weight is 283 g/mol. The number of halogens is 1. The number of aromatic amines is 2. The van der Waals surface area contributed by atoms with E-state index in [1.807, 2.05) is 0 Å². The first-order valence-corrected chi connectivity index (χ1v) is 5.19. The summed E-state index contributed by atoms with van der Waals surface area (Å²) >= 11 is 3.27. The Labute approximate surface area is 98.2 Å². The van der Waals surface area contributed by atoms with Crippen molar-refractivity contribution >= 4 is 21.9 Å². The van der Waals surface area contributed by atoms with Gasteiger partial charge in [-0.05, 0) is 12.1 Å². The van der Waals surface area contributed by atoms with Gasteiger partial charge in [-0.15, -0.1) is 0 Å². The number of benzene rings is 1. The number of rotatable bonds is 2. The van der Waals surface area contributed by atoms with Crippen molar-refractivity contribution in [1.82, 2.24) is 10.2 Å². The summed E-state index contributed by atoms with van der Waals surface area (Å²) in [4.78, 5) is 22.1. The molecule has 5 nitrogen and oxygen atoms in total. The van der Waals surface area contributed by atoms with Crippen LogP contribution in [0.2, 0.25) is 0 Å². The monoisotopic (exact) mass is 282 g/mol. The zero-order chi connectivity index (χ0) is 11.7. The van der Waals surface area contributed by atoms with Gasteiger partial charge in [-0.1, -0.05) is 28.1 Å². The molecule has 0 saturated carbocycles. The molecule has 0 saturated heterocycles. The first-order chi connectivity index (χ1) is 7.59. The SMILES string of the molecule is O=C(O)c1c(-c2ccc(Br)cc2)[nH][nH]c1=O. The number of aromatic nitrogens is 2. The number of carboxylic acid groups (broad SMARTS) is 1. The molecule has 82 valence electrons. The summed E-state index contributed by atoms with van der Waals surface area (Å²) in [6.45, 7) is 0. The molecule has 0 amide bonds. The molecule has 2 rings (SSSR count). The summed E-state index contributed by atoms with van der Waals surface area (Å²) in [6, 6.07) is 6.98. The van der Waals surface area contributed by atoms with E-state index in [0.29, 0.717) is 5.56 Å². The van der Waals surface area contributed by atoms with Crippen molar-refractivity contribution in [3.05, 3.63) is 44.7 Å². The van der Waals surface area contributed by atoms with E-state index in [1.54, 1.807) is 24.3 Å². The summed E-state index contributed by atoms with van der Waals surface area (Å²) in [5.74, 6) is -1.25. The smallest absolute Gasteiger partial charge is 0.343 e. The molecule has 0 aliphatic rings. The van der Waals surface area contributed by atoms with E-state index < -0.39 is 11.5 Å². The molecule has 0 radical (unpaired) electrons. The van der Waals surface area contributed by atoms with Crippen LogP contribution in [0.5, 0.6) is 0 Å². The maximum absolute atomic E-state index is 11.2. The summed E-state index contributed by atoms with van der Waals surface area (Å²) < 4.78 is 0.881. The van der Waals surface area contributed by atoms with E-state index >= 15 is 0 Å². The van der Waals surface area contributed by atoms with E-state index in [-0.39, 0.29) is 11.3 Å². The number of hydrogen-bond acceptors (Lipinski definition) is 2. The van der Waals surface area contributed by atoms with Gasteiger partial charge in [0.15, 0.2) is 5.56 Å². The lowest BCUT2D eigenvalue weighted by Gasteiger charge is -1.99. The molecule has 0 spiro atoms. The molecule has 0 aliphatic carbocycles. The van der Waals surface area contributed by atoms with Gasteiger partial charge < -0.3 is 5.11 Å². The maximum atomic E-state index is 11.2. The lowest BCUT2D eigenvalue weighted by molar-refractivity contribution is 0.0696. The van der Waals surface area contributed by atoms with Crippen LogP contribution in [0, 0.1) is 0 Å². The van der Waals surface area contributed by atoms with Crippen LogP contribution in [0.3, 0.4) is 0 Å². The van der Waals surface area contributed by atoms with Gasteiger partial charge >= 0.3 is 5.97 Å². The average Bonchev–Trinajstić information content (AvgIpc) is 2.61. The van der Waals surface area contributed by atoms with Crippen molar-refractivity contribution in [1.29, 1.82) is 0 Å². The Kier molecular flexibility index (Phi) is 2.66. The van der Waals surface area contributed by atoms with Crippen LogP contribution in [0.15, 0.2) is 33.5 Å². The molecule has 0 aliphatic heterocycles. The van der Waals surface area contributed by atoms with Gasteiger partial charge in [0, 0.05) is 10.0 Å². The van der Waals surface area contributed by atoms with Crippen molar-refractivity contribution in [3.8, 4) is 11.3 Å². The summed E-state index contributed by atoms with van der Waals surface area (Å²) in [7, 11) is 0. The van der Waals surface area contributed by atoms with Crippen molar-refractivity contribution in [3.63, 3.8) is 0 Å². The van der Waals surface area contributed by atoms with Crippen molar-refractivity contribution in [2.24, 2.45) is 0 Å². The molecule has 2 aromatic rings. The van der Waals surface area contributed by atoms with Gasteiger partial charge in [-0.3, -0.25) is 15.0 Å². The van der Waals surface area contributed by atoms with Gasteiger partial charge in [0.05, 0.1) is 5.69 Å². The number of aromatic carboxylic acids is 1. The molecular formula is C10H7BrN2O3. The first-order valence-electron chi connectivity index (χ1n) is 4.39. The molecule has 0 atom stereocenters. The van der Waals surface area contributed by atoms with Crippen LogP contribution in [0.25, 0.3) is 11.3 Å². The second-order valence-corrected chi connectivity index (χ2v) is 4.06. The van der Waals surface area contributed by atoms with E-state index in [4.69, 9.17) is 5.11 Å². The topological polar surface area (TPSA) is 85.9 Å². The van der Waals surface area contributed by atoms with Crippen LogP contribution in [-0.2, 0) is 0 Å². The molecule has 0 fully saturated rings. The number of carbonyl (C=O) groups is 1. The Morgan fingerprint density at radius 1 is 1.19 bits per heavy atom. The molecule has 16 heavy (non-hydrogen) atoms. The Hall–Kier alpha value is -1.82. The van der Waals surface area contributed by atoms with Crippen molar-refractivity contribution in [2.45, 2.75) is 0 Å². The van der Waals surface area contributed by atoms with Crippen molar-refractivity contribution in [2.75, 3.05) is 0 Å². The van der Waals surface area contributed by atoms with Crippen LogP contribution in [0.1, 0.15) is 10.4 Å². The van der Waals surface area contributed by atoms with Crippen LogP contribution >= 0.6 is 15.9 Å². The molecule has 0 bridgehead atoms. The largest absolute Gasteiger partial charge is 0.477 e. The maximum Gasteiger partial charge on any atom is 0.343 e. The number of carboxylic acids is 1. The summed E-state index contributed by atoms with van der Waals surface area (Å²) in [6.07, 6.45) is 0. The Bertz CT molecular complexity index is 583. The predicted molar refractivity (Wildman–Crippen MR) is 61.5 cm³/mol. The van der Waals surface area contributed by atoms with Gasteiger partial charge in [-0.2, -0.15) is 0 Å². The highest BCUT2D eigenvalue weighted by molar-refractivity contribution is 9.10. The third-order valence-electron chi connectivity index (χ3n) is 2.12. The minimum Gasteiger partial charge on any atom is -0.477 e. The van der Waals surface area contributed by atoms with E-state index in [2.05, 4.69) is 26.1 Å². The lowest BCUT2D eigenvalue weighted by Crippen LogP contribution is -2.12. The zero-order valence-electron chi connectivity index (χ0n) is 7.95. The Morgan fingerprint density at radius 2 is 1.81 bits per heavy atom. The fourth-order valence-corrected chi connectivity index (χ4v) is 1.66. The van der Waals surface area contributed by atoms with Crippen LogP contribution < -0.4 is 5.56 Å². The Balaban J connectivity index is 2.60. The number of hydrogen-bond donors (Lipinski definition) is 3. The minimum atomic E-state index is -1.25. The van der Waals surface area contributed by atoms with E-state index in [1.165, 1.54) is 0 Å². The number of nitrogens with one attached hydrogen (secondary N) is 2. The highest BCUT2D eigenvalue weighted by atomic mass is 79.9. The first kappa shape index (κ1) is 10.7. The van der Waals surface area contributed by atoms with Crippen molar-refractivity contribution < 1.29 is 9.90 Å². The lowest BCUT2D eigenvalue weighted by atomic mass is 10.1. The summed E-state index contributed by atoms with van der Waals surface area (Å²) in [5.41, 5.74) is 0.0108. The molecule has 1 aromatic carbocycles. The zero-order valence-corrected chi connectivity index (χ0v) is 9.54. The van der Waals surface area contributed by atoms with Gasteiger partial charge in [0.1, 0.15) is 0 Å². The molecule has 0 unspecified atom stereocenters. The highest BCUT2D eigenvalue weighted by Crippen LogP contribution is 2.21.